The second-order valence-electron chi connectivity index (χ2n) is 6.86. The second-order valence-corrected chi connectivity index (χ2v) is 7.81. The van der Waals surface area contributed by atoms with Gasteiger partial charge < -0.3 is 9.64 Å². The Kier molecular flexibility index (Phi) is 5.43. The fourth-order valence-electron chi connectivity index (χ4n) is 3.48. The molecule has 4 rings (SSSR count). The minimum absolute atomic E-state index is 0.176. The van der Waals surface area contributed by atoms with E-state index < -0.39 is 0 Å². The number of carbonyl (C=O) groups is 2. The van der Waals surface area contributed by atoms with Crippen LogP contribution >= 0.6 is 11.3 Å². The molecule has 0 bridgehead atoms. The maximum atomic E-state index is 12.8. The maximum Gasteiger partial charge on any atom is 0.310 e. The Balaban J connectivity index is 1.51. The van der Waals surface area contributed by atoms with Crippen LogP contribution in [0.1, 0.15) is 19.8 Å². The lowest BCUT2D eigenvalue weighted by Crippen LogP contribution is -2.45. The number of likely N-dealkylation sites (tertiary alicyclic amines) is 1. The molecule has 0 saturated carbocycles. The second kappa shape index (κ2) is 8.16. The van der Waals surface area contributed by atoms with E-state index in [1.54, 1.807) is 17.9 Å². The molecule has 1 atom stereocenters. The molecule has 0 aromatic carbocycles. The van der Waals surface area contributed by atoms with E-state index >= 15 is 0 Å². The molecule has 9 nitrogen and oxygen atoms in total. The SMILES string of the molecule is CCOC(=O)C1CCCN(C(=O)Cn2ncn3nc(-c4cccs4)cc3c2=O)C1. The van der Waals surface area contributed by atoms with Gasteiger partial charge in [-0.3, -0.25) is 14.4 Å². The Labute approximate surface area is 170 Å². The van der Waals surface area contributed by atoms with Gasteiger partial charge >= 0.3 is 5.97 Å². The van der Waals surface area contributed by atoms with Gasteiger partial charge in [0.2, 0.25) is 5.91 Å². The summed E-state index contributed by atoms with van der Waals surface area (Å²) < 4.78 is 7.65. The molecule has 29 heavy (non-hydrogen) atoms. The van der Waals surface area contributed by atoms with Crippen molar-refractivity contribution in [1.82, 2.24) is 24.3 Å². The van der Waals surface area contributed by atoms with Gasteiger partial charge in [-0.1, -0.05) is 6.07 Å². The number of esters is 1. The molecule has 1 saturated heterocycles. The summed E-state index contributed by atoms with van der Waals surface area (Å²) in [5.74, 6) is -0.832. The van der Waals surface area contributed by atoms with E-state index in [9.17, 15) is 14.4 Å². The van der Waals surface area contributed by atoms with Gasteiger partial charge in [0.25, 0.3) is 5.56 Å². The van der Waals surface area contributed by atoms with E-state index in [-0.39, 0.29) is 29.9 Å². The average Bonchev–Trinajstić information content (AvgIpc) is 3.40. The molecule has 4 heterocycles. The molecule has 152 valence electrons. The van der Waals surface area contributed by atoms with Gasteiger partial charge in [0.05, 0.1) is 17.4 Å². The zero-order valence-corrected chi connectivity index (χ0v) is 16.8. The van der Waals surface area contributed by atoms with Crippen molar-refractivity contribution in [2.75, 3.05) is 19.7 Å². The molecule has 1 unspecified atom stereocenters. The van der Waals surface area contributed by atoms with Crippen LogP contribution in [0.4, 0.5) is 0 Å². The Bertz CT molecular complexity index is 1090. The van der Waals surface area contributed by atoms with Crippen molar-refractivity contribution < 1.29 is 14.3 Å². The molecule has 1 aliphatic heterocycles. The molecule has 10 heteroatoms. The summed E-state index contributed by atoms with van der Waals surface area (Å²) in [5, 5.41) is 10.4. The van der Waals surface area contributed by atoms with Crippen molar-refractivity contribution in [1.29, 1.82) is 0 Å². The number of hydrogen-bond donors (Lipinski definition) is 0. The fourth-order valence-corrected chi connectivity index (χ4v) is 4.16. The first kappa shape index (κ1) is 19.3. The first-order valence-electron chi connectivity index (χ1n) is 9.50. The van der Waals surface area contributed by atoms with Gasteiger partial charge in [0.1, 0.15) is 24.1 Å². The van der Waals surface area contributed by atoms with Crippen LogP contribution in [0.5, 0.6) is 0 Å². The molecule has 0 N–H and O–H groups in total. The summed E-state index contributed by atoms with van der Waals surface area (Å²) >= 11 is 1.53. The number of nitrogens with zero attached hydrogens (tertiary/aromatic N) is 5. The summed E-state index contributed by atoms with van der Waals surface area (Å²) in [5.41, 5.74) is 0.672. The molecule has 3 aromatic rings. The van der Waals surface area contributed by atoms with E-state index in [0.717, 1.165) is 16.0 Å². The van der Waals surface area contributed by atoms with Crippen LogP contribution in [0.2, 0.25) is 0 Å². The first-order chi connectivity index (χ1) is 14.1. The molecule has 1 fully saturated rings. The average molecular weight is 415 g/mol. The predicted octanol–water partition coefficient (Wildman–Crippen LogP) is 1.42. The number of piperidine rings is 1. The number of fused-ring (bicyclic) bond motifs is 1. The molecule has 1 aliphatic rings. The number of aromatic nitrogens is 4. The topological polar surface area (TPSA) is 98.8 Å². The van der Waals surface area contributed by atoms with Gasteiger partial charge in [-0.2, -0.15) is 10.2 Å². The van der Waals surface area contributed by atoms with Crippen molar-refractivity contribution in [3.05, 3.63) is 40.3 Å². The highest BCUT2D eigenvalue weighted by atomic mass is 32.1. The maximum absolute atomic E-state index is 12.8. The quantitative estimate of drug-likeness (QED) is 0.585. The van der Waals surface area contributed by atoms with Crippen LogP contribution in [-0.2, 0) is 20.9 Å². The zero-order chi connectivity index (χ0) is 20.4. The molecule has 0 aliphatic carbocycles. The largest absolute Gasteiger partial charge is 0.466 e. The van der Waals surface area contributed by atoms with Crippen LogP contribution < -0.4 is 5.56 Å². The highest BCUT2D eigenvalue weighted by molar-refractivity contribution is 7.13. The van der Waals surface area contributed by atoms with E-state index in [1.165, 1.54) is 22.2 Å². The monoisotopic (exact) mass is 415 g/mol. The number of ether oxygens (including phenoxy) is 1. The third kappa shape index (κ3) is 3.93. The fraction of sp³-hybridized carbons (Fsp3) is 0.421. The first-order valence-corrected chi connectivity index (χ1v) is 10.4. The molecule has 3 aromatic heterocycles. The van der Waals surface area contributed by atoms with E-state index in [2.05, 4.69) is 10.2 Å². The summed E-state index contributed by atoms with van der Waals surface area (Å²) in [4.78, 5) is 40.1. The van der Waals surface area contributed by atoms with Gasteiger partial charge in [-0.15, -0.1) is 11.3 Å². The molecule has 0 spiro atoms. The number of rotatable bonds is 5. The van der Waals surface area contributed by atoms with Gasteiger partial charge in [0.15, 0.2) is 0 Å². The van der Waals surface area contributed by atoms with Crippen LogP contribution in [0.15, 0.2) is 34.7 Å². The van der Waals surface area contributed by atoms with Gasteiger partial charge in [0, 0.05) is 13.1 Å². The van der Waals surface area contributed by atoms with Crippen LogP contribution in [0.25, 0.3) is 16.1 Å². The highest BCUT2D eigenvalue weighted by Crippen LogP contribution is 2.23. The molecular weight excluding hydrogens is 394 g/mol. The predicted molar refractivity (Wildman–Crippen MR) is 106 cm³/mol. The summed E-state index contributed by atoms with van der Waals surface area (Å²) in [6.45, 7) is 2.77. The number of hydrogen-bond acceptors (Lipinski definition) is 7. The smallest absolute Gasteiger partial charge is 0.310 e. The molecule has 1 amide bonds. The lowest BCUT2D eigenvalue weighted by molar-refractivity contribution is -0.151. The van der Waals surface area contributed by atoms with Crippen molar-refractivity contribution in [3.63, 3.8) is 0 Å². The summed E-state index contributed by atoms with van der Waals surface area (Å²) in [6, 6.07) is 5.55. The minimum atomic E-state index is -0.380. The Morgan fingerprint density at radius 1 is 1.38 bits per heavy atom. The van der Waals surface area contributed by atoms with E-state index in [0.29, 0.717) is 37.3 Å². The van der Waals surface area contributed by atoms with Crippen molar-refractivity contribution in [2.45, 2.75) is 26.3 Å². The Morgan fingerprint density at radius 3 is 3.00 bits per heavy atom. The normalized spacial score (nSPS) is 16.9. The lowest BCUT2D eigenvalue weighted by atomic mass is 9.98. The van der Waals surface area contributed by atoms with Gasteiger partial charge in [-0.05, 0) is 37.3 Å². The lowest BCUT2D eigenvalue weighted by Gasteiger charge is -2.31. The summed E-state index contributed by atoms with van der Waals surface area (Å²) in [6.07, 6.45) is 2.86. The molecule has 0 radical (unpaired) electrons. The van der Waals surface area contributed by atoms with Crippen LogP contribution in [0.3, 0.4) is 0 Å². The van der Waals surface area contributed by atoms with Crippen LogP contribution in [0, 0.1) is 5.92 Å². The minimum Gasteiger partial charge on any atom is -0.466 e. The molecular formula is C19H21N5O4S. The third-order valence-corrected chi connectivity index (χ3v) is 5.83. The van der Waals surface area contributed by atoms with E-state index in [4.69, 9.17) is 4.74 Å². The highest BCUT2D eigenvalue weighted by Gasteiger charge is 2.29. The standard InChI is InChI=1S/C19H21N5O4S/c1-2-28-19(27)13-5-3-7-22(10-13)17(25)11-23-18(26)15-9-14(16-6-4-8-29-16)21-24(15)12-20-23/h4,6,8-9,12-13H,2-3,5,7,10-11H2,1H3. The van der Waals surface area contributed by atoms with E-state index in [1.807, 2.05) is 17.5 Å². The number of thiophene rings is 1. The number of amides is 1. The van der Waals surface area contributed by atoms with Crippen molar-refractivity contribution in [3.8, 4) is 10.6 Å². The Morgan fingerprint density at radius 2 is 2.24 bits per heavy atom. The van der Waals surface area contributed by atoms with Crippen molar-refractivity contribution >= 4 is 28.7 Å². The number of carbonyl (C=O) groups excluding carboxylic acids is 2. The zero-order valence-electron chi connectivity index (χ0n) is 16.0. The van der Waals surface area contributed by atoms with Crippen molar-refractivity contribution in [2.24, 2.45) is 5.92 Å². The van der Waals surface area contributed by atoms with Crippen LogP contribution in [-0.4, -0.2) is 55.9 Å². The summed E-state index contributed by atoms with van der Waals surface area (Å²) in [7, 11) is 0. The third-order valence-electron chi connectivity index (χ3n) is 4.94. The Hall–Kier alpha value is -3.01. The van der Waals surface area contributed by atoms with Gasteiger partial charge in [-0.25, -0.2) is 9.20 Å².